The zero-order chi connectivity index (χ0) is 30.1. The van der Waals surface area contributed by atoms with Crippen LogP contribution in [0.1, 0.15) is 36.5 Å². The summed E-state index contributed by atoms with van der Waals surface area (Å²) in [5, 5.41) is 21.7. The summed E-state index contributed by atoms with van der Waals surface area (Å²) in [4.78, 5) is 21.4. The van der Waals surface area contributed by atoms with Crippen LogP contribution in [0.15, 0.2) is 48.5 Å². The van der Waals surface area contributed by atoms with Gasteiger partial charge >= 0.3 is 12.1 Å². The SMILES string of the molecule is COc1cc(C#N)cc(-c2ccc([C@@H](Oc3cc(N4CCC5(CC4)CNC(C(=O)O)C5)nc(N)n3)C(F)(F)F)cc2)c1. The quantitative estimate of drug-likeness (QED) is 0.368. The summed E-state index contributed by atoms with van der Waals surface area (Å²) in [5.41, 5.74) is 7.15. The number of nitrogen functional groups attached to an aromatic ring is 1. The second kappa shape index (κ2) is 11.4. The van der Waals surface area contributed by atoms with Gasteiger partial charge < -0.3 is 30.5 Å². The van der Waals surface area contributed by atoms with Gasteiger partial charge in [0.2, 0.25) is 17.9 Å². The van der Waals surface area contributed by atoms with Crippen molar-refractivity contribution in [1.29, 1.82) is 5.26 Å². The average molecular weight is 583 g/mol. The maximum Gasteiger partial charge on any atom is 0.429 e. The van der Waals surface area contributed by atoms with E-state index in [-0.39, 0.29) is 22.8 Å². The van der Waals surface area contributed by atoms with E-state index in [0.717, 1.165) is 0 Å². The van der Waals surface area contributed by atoms with E-state index in [1.807, 2.05) is 11.0 Å². The standard InChI is InChI=1S/C29H29F3N6O4/c1-41-21-11-17(15-33)10-20(12-21)18-2-4-19(5-3-18)25(29(30,31)32)42-24-13-23(36-27(34)37-24)38-8-6-28(7-9-38)14-22(26(39)40)35-16-28/h2-5,10-13,22,25,35H,6-9,14,16H2,1H3,(H,39,40)(H2,34,36,37)/t22?,25-/m1/s1. The first-order chi connectivity index (χ1) is 20.0. The van der Waals surface area contributed by atoms with Crippen LogP contribution in [-0.4, -0.2) is 60.0 Å². The molecular formula is C29H29F3N6O4. The number of anilines is 2. The van der Waals surface area contributed by atoms with Crippen LogP contribution in [0.4, 0.5) is 24.9 Å². The molecule has 2 aromatic carbocycles. The molecule has 0 saturated carbocycles. The van der Waals surface area contributed by atoms with Gasteiger partial charge in [-0.15, -0.1) is 0 Å². The highest BCUT2D eigenvalue weighted by atomic mass is 19.4. The number of hydrogen-bond donors (Lipinski definition) is 3. The third-order valence-corrected chi connectivity index (χ3v) is 7.87. The van der Waals surface area contributed by atoms with Crippen molar-refractivity contribution in [1.82, 2.24) is 15.3 Å². The van der Waals surface area contributed by atoms with E-state index >= 15 is 0 Å². The molecule has 2 fully saturated rings. The van der Waals surface area contributed by atoms with E-state index in [0.29, 0.717) is 67.2 Å². The highest BCUT2D eigenvalue weighted by molar-refractivity contribution is 5.74. The maximum absolute atomic E-state index is 14.2. The van der Waals surface area contributed by atoms with Gasteiger partial charge in [0.05, 0.1) is 18.7 Å². The van der Waals surface area contributed by atoms with Gasteiger partial charge in [0.15, 0.2) is 0 Å². The van der Waals surface area contributed by atoms with Crippen LogP contribution in [0.3, 0.4) is 0 Å². The molecule has 220 valence electrons. The molecule has 1 aromatic heterocycles. The molecule has 0 aliphatic carbocycles. The molecule has 0 radical (unpaired) electrons. The average Bonchev–Trinajstić information content (AvgIpc) is 3.39. The van der Waals surface area contributed by atoms with Gasteiger partial charge in [-0.1, -0.05) is 24.3 Å². The molecule has 42 heavy (non-hydrogen) atoms. The lowest BCUT2D eigenvalue weighted by molar-refractivity contribution is -0.198. The maximum atomic E-state index is 14.2. The zero-order valence-electron chi connectivity index (χ0n) is 22.7. The molecule has 0 bridgehead atoms. The molecule has 5 rings (SSSR count). The van der Waals surface area contributed by atoms with Gasteiger partial charge in [0.25, 0.3) is 0 Å². The Labute approximate surface area is 239 Å². The third kappa shape index (κ3) is 6.18. The predicted octanol–water partition coefficient (Wildman–Crippen LogP) is 4.32. The first kappa shape index (κ1) is 28.9. The number of carboxylic acids is 1. The fourth-order valence-corrected chi connectivity index (χ4v) is 5.58. The van der Waals surface area contributed by atoms with Gasteiger partial charge in [0.1, 0.15) is 17.6 Å². The largest absolute Gasteiger partial charge is 0.497 e. The van der Waals surface area contributed by atoms with Gasteiger partial charge in [-0.3, -0.25) is 4.79 Å². The summed E-state index contributed by atoms with van der Waals surface area (Å²) in [6, 6.07) is 13.3. The lowest BCUT2D eigenvalue weighted by Gasteiger charge is -2.39. The number of hydrogen-bond acceptors (Lipinski definition) is 9. The number of aliphatic carboxylic acids is 1. The monoisotopic (exact) mass is 582 g/mol. The minimum atomic E-state index is -4.76. The van der Waals surface area contributed by atoms with E-state index < -0.39 is 24.3 Å². The summed E-state index contributed by atoms with van der Waals surface area (Å²) in [6.45, 7) is 1.67. The van der Waals surface area contributed by atoms with Crippen LogP contribution in [0, 0.1) is 16.7 Å². The summed E-state index contributed by atoms with van der Waals surface area (Å²) >= 11 is 0. The number of carbonyl (C=O) groups is 1. The number of rotatable bonds is 7. The number of nitrogens with one attached hydrogen (secondary N) is 1. The molecule has 10 nitrogen and oxygen atoms in total. The minimum absolute atomic E-state index is 0.144. The molecule has 3 aromatic rings. The number of alkyl halides is 3. The topological polar surface area (TPSA) is 147 Å². The Morgan fingerprint density at radius 1 is 1.17 bits per heavy atom. The molecule has 0 amide bonds. The molecule has 13 heteroatoms. The number of aromatic nitrogens is 2. The fraction of sp³-hybridized carbons (Fsp3) is 0.379. The minimum Gasteiger partial charge on any atom is -0.497 e. The van der Waals surface area contributed by atoms with Gasteiger partial charge in [-0.2, -0.15) is 28.4 Å². The molecule has 2 aliphatic rings. The van der Waals surface area contributed by atoms with Crippen molar-refractivity contribution in [2.75, 3.05) is 37.4 Å². The van der Waals surface area contributed by atoms with Crippen molar-refractivity contribution < 1.29 is 32.5 Å². The molecule has 1 spiro atoms. The first-order valence-corrected chi connectivity index (χ1v) is 13.3. The number of methoxy groups -OCH3 is 1. The number of nitrogens with two attached hydrogens (primary N) is 1. The van der Waals surface area contributed by atoms with Crippen LogP contribution in [0.2, 0.25) is 0 Å². The molecular weight excluding hydrogens is 553 g/mol. The molecule has 2 aliphatic heterocycles. The van der Waals surface area contributed by atoms with Crippen molar-refractivity contribution in [3.63, 3.8) is 0 Å². The van der Waals surface area contributed by atoms with Crippen LogP contribution < -0.4 is 25.4 Å². The van der Waals surface area contributed by atoms with E-state index in [4.69, 9.17) is 15.2 Å². The van der Waals surface area contributed by atoms with E-state index in [2.05, 4.69) is 15.3 Å². The van der Waals surface area contributed by atoms with Crippen LogP contribution in [-0.2, 0) is 4.79 Å². The number of carboxylic acid groups (broad SMARTS) is 1. The second-order valence-corrected chi connectivity index (χ2v) is 10.6. The Kier molecular flexibility index (Phi) is 7.83. The van der Waals surface area contributed by atoms with E-state index in [1.54, 1.807) is 18.2 Å². The lowest BCUT2D eigenvalue weighted by Crippen LogP contribution is -2.41. The highest BCUT2D eigenvalue weighted by Crippen LogP contribution is 2.41. The Balaban J connectivity index is 1.34. The number of nitriles is 1. The van der Waals surface area contributed by atoms with E-state index in [9.17, 15) is 28.3 Å². The Bertz CT molecular complexity index is 1500. The molecule has 4 N–H and O–H groups in total. The Morgan fingerprint density at radius 3 is 2.48 bits per heavy atom. The third-order valence-electron chi connectivity index (χ3n) is 7.87. The van der Waals surface area contributed by atoms with Crippen molar-refractivity contribution >= 4 is 17.7 Å². The highest BCUT2D eigenvalue weighted by Gasteiger charge is 2.45. The summed E-state index contributed by atoms with van der Waals surface area (Å²) in [7, 11) is 1.46. The fourth-order valence-electron chi connectivity index (χ4n) is 5.58. The van der Waals surface area contributed by atoms with Crippen molar-refractivity contribution in [3.05, 3.63) is 59.7 Å². The predicted molar refractivity (Wildman–Crippen MR) is 147 cm³/mol. The van der Waals surface area contributed by atoms with Crippen molar-refractivity contribution in [2.24, 2.45) is 5.41 Å². The summed E-state index contributed by atoms with van der Waals surface area (Å²) in [6.07, 6.45) is -5.16. The van der Waals surface area contributed by atoms with E-state index in [1.165, 1.54) is 37.4 Å². The zero-order valence-corrected chi connectivity index (χ0v) is 22.7. The molecule has 2 saturated heterocycles. The Hall–Kier alpha value is -4.57. The smallest absolute Gasteiger partial charge is 0.429 e. The van der Waals surface area contributed by atoms with Gasteiger partial charge in [-0.25, -0.2) is 0 Å². The van der Waals surface area contributed by atoms with Crippen LogP contribution in [0.5, 0.6) is 11.6 Å². The van der Waals surface area contributed by atoms with Crippen LogP contribution in [0.25, 0.3) is 11.1 Å². The first-order valence-electron chi connectivity index (χ1n) is 13.3. The Morgan fingerprint density at radius 2 is 1.88 bits per heavy atom. The summed E-state index contributed by atoms with van der Waals surface area (Å²) in [5.74, 6) is -0.615. The van der Waals surface area contributed by atoms with Gasteiger partial charge in [0, 0.05) is 31.3 Å². The molecule has 3 heterocycles. The molecule has 1 unspecified atom stereocenters. The van der Waals surface area contributed by atoms with Crippen molar-refractivity contribution in [2.45, 2.75) is 37.6 Å². The van der Waals surface area contributed by atoms with Crippen molar-refractivity contribution in [3.8, 4) is 28.8 Å². The number of halogens is 3. The molecule has 2 atom stereocenters. The normalized spacial score (nSPS) is 18.8. The number of ether oxygens (including phenoxy) is 2. The number of piperidine rings is 1. The lowest BCUT2D eigenvalue weighted by atomic mass is 9.76. The second-order valence-electron chi connectivity index (χ2n) is 10.6. The van der Waals surface area contributed by atoms with Crippen LogP contribution >= 0.6 is 0 Å². The number of nitrogens with zero attached hydrogens (tertiary/aromatic N) is 4. The summed E-state index contributed by atoms with van der Waals surface area (Å²) < 4.78 is 53.3. The number of benzene rings is 2. The van der Waals surface area contributed by atoms with Gasteiger partial charge in [-0.05, 0) is 54.0 Å².